The molecule has 1 atom stereocenters. The second-order valence-electron chi connectivity index (χ2n) is 6.57. The lowest BCUT2D eigenvalue weighted by molar-refractivity contribution is -0.124. The summed E-state index contributed by atoms with van der Waals surface area (Å²) in [6.07, 6.45) is 2.64. The van der Waals surface area contributed by atoms with Crippen LogP contribution in [-0.4, -0.2) is 42.3 Å². The van der Waals surface area contributed by atoms with Crippen molar-refractivity contribution in [2.24, 2.45) is 11.1 Å². The fourth-order valence-electron chi connectivity index (χ4n) is 2.92. The largest absolute Gasteiger partial charge is 0.373 e. The molecule has 1 saturated heterocycles. The van der Waals surface area contributed by atoms with Gasteiger partial charge < -0.3 is 10.5 Å². The van der Waals surface area contributed by atoms with Gasteiger partial charge in [0.05, 0.1) is 12.2 Å². The van der Waals surface area contributed by atoms with Gasteiger partial charge in [0.2, 0.25) is 0 Å². The minimum absolute atomic E-state index is 0.0278. The first-order valence-electron chi connectivity index (χ1n) is 6.42. The van der Waals surface area contributed by atoms with E-state index in [1.54, 1.807) is 0 Å². The topological polar surface area (TPSA) is 38.5 Å². The van der Waals surface area contributed by atoms with E-state index < -0.39 is 0 Å². The first-order chi connectivity index (χ1) is 7.33. The van der Waals surface area contributed by atoms with Crippen molar-refractivity contribution in [3.05, 3.63) is 0 Å². The van der Waals surface area contributed by atoms with Gasteiger partial charge in [-0.25, -0.2) is 0 Å². The lowest BCUT2D eigenvalue weighted by Crippen LogP contribution is -2.63. The zero-order valence-corrected chi connectivity index (χ0v) is 11.2. The highest BCUT2D eigenvalue weighted by Gasteiger charge is 2.56. The third-order valence-electron chi connectivity index (χ3n) is 4.82. The molecule has 3 heteroatoms. The molecule has 1 saturated carbocycles. The third kappa shape index (κ3) is 1.89. The lowest BCUT2D eigenvalue weighted by Gasteiger charge is -2.51. The Morgan fingerprint density at radius 1 is 1.31 bits per heavy atom. The van der Waals surface area contributed by atoms with Gasteiger partial charge in [-0.15, -0.1) is 0 Å². The summed E-state index contributed by atoms with van der Waals surface area (Å²) >= 11 is 0. The summed E-state index contributed by atoms with van der Waals surface area (Å²) in [5.41, 5.74) is 6.61. The van der Waals surface area contributed by atoms with Crippen molar-refractivity contribution in [3.8, 4) is 0 Å². The first-order valence-corrected chi connectivity index (χ1v) is 6.42. The van der Waals surface area contributed by atoms with Crippen molar-refractivity contribution < 1.29 is 4.74 Å². The van der Waals surface area contributed by atoms with Crippen LogP contribution in [-0.2, 0) is 4.74 Å². The van der Waals surface area contributed by atoms with E-state index in [1.165, 1.54) is 12.8 Å². The smallest absolute Gasteiger partial charge is 0.0753 e. The number of nitrogens with zero attached hydrogens (tertiary/aromatic N) is 1. The minimum Gasteiger partial charge on any atom is -0.373 e. The van der Waals surface area contributed by atoms with Crippen molar-refractivity contribution >= 4 is 0 Å². The minimum atomic E-state index is -0.0278. The monoisotopic (exact) mass is 226 g/mol. The van der Waals surface area contributed by atoms with Crippen LogP contribution in [0.15, 0.2) is 0 Å². The molecule has 1 aliphatic carbocycles. The predicted molar refractivity (Wildman–Crippen MR) is 66.4 cm³/mol. The Hall–Kier alpha value is -0.120. The summed E-state index contributed by atoms with van der Waals surface area (Å²) in [7, 11) is 0. The fourth-order valence-corrected chi connectivity index (χ4v) is 2.92. The zero-order chi connectivity index (χ0) is 12.0. The molecule has 2 fully saturated rings. The third-order valence-corrected chi connectivity index (χ3v) is 4.82. The normalized spacial score (nSPS) is 32.1. The molecular weight excluding hydrogens is 200 g/mol. The van der Waals surface area contributed by atoms with Gasteiger partial charge in [-0.3, -0.25) is 4.90 Å². The van der Waals surface area contributed by atoms with Crippen molar-refractivity contribution in [1.29, 1.82) is 0 Å². The van der Waals surface area contributed by atoms with Crippen molar-refractivity contribution in [2.45, 2.75) is 51.7 Å². The van der Waals surface area contributed by atoms with Gasteiger partial charge in [0.15, 0.2) is 0 Å². The van der Waals surface area contributed by atoms with Gasteiger partial charge in [-0.1, -0.05) is 6.92 Å². The van der Waals surface area contributed by atoms with Gasteiger partial charge in [0, 0.05) is 25.2 Å². The molecule has 3 nitrogen and oxygen atoms in total. The van der Waals surface area contributed by atoms with E-state index in [0.29, 0.717) is 5.41 Å². The van der Waals surface area contributed by atoms with E-state index >= 15 is 0 Å². The highest BCUT2D eigenvalue weighted by molar-refractivity contribution is 5.10. The molecule has 0 spiro atoms. The first kappa shape index (κ1) is 12.3. The van der Waals surface area contributed by atoms with Gasteiger partial charge in [-0.2, -0.15) is 0 Å². The number of hydrogen-bond acceptors (Lipinski definition) is 3. The Balaban J connectivity index is 2.15. The SMILES string of the molecule is CC1(C)CN(C(C)(CN)C2(C)CC2)CCO1. The van der Waals surface area contributed by atoms with Crippen molar-refractivity contribution in [1.82, 2.24) is 4.90 Å². The lowest BCUT2D eigenvalue weighted by atomic mass is 9.81. The van der Waals surface area contributed by atoms with E-state index in [4.69, 9.17) is 10.5 Å². The van der Waals surface area contributed by atoms with Crippen LogP contribution in [0.1, 0.15) is 40.5 Å². The van der Waals surface area contributed by atoms with Crippen LogP contribution in [0.25, 0.3) is 0 Å². The zero-order valence-electron chi connectivity index (χ0n) is 11.2. The van der Waals surface area contributed by atoms with Crippen LogP contribution in [0.3, 0.4) is 0 Å². The number of rotatable bonds is 3. The van der Waals surface area contributed by atoms with Gasteiger partial charge in [0.25, 0.3) is 0 Å². The molecule has 0 radical (unpaired) electrons. The second-order valence-corrected chi connectivity index (χ2v) is 6.57. The van der Waals surface area contributed by atoms with Gasteiger partial charge in [-0.05, 0) is 39.0 Å². The molecular formula is C13H26N2O. The van der Waals surface area contributed by atoms with E-state index in [0.717, 1.165) is 26.2 Å². The Bertz CT molecular complexity index is 273. The molecule has 16 heavy (non-hydrogen) atoms. The fraction of sp³-hybridized carbons (Fsp3) is 1.00. The maximum Gasteiger partial charge on any atom is 0.0753 e. The molecule has 0 amide bonds. The number of nitrogens with two attached hydrogens (primary N) is 1. The summed E-state index contributed by atoms with van der Waals surface area (Å²) in [6, 6.07) is 0. The molecule has 2 N–H and O–H groups in total. The Kier molecular flexibility index (Phi) is 2.84. The molecule has 0 aromatic rings. The summed E-state index contributed by atoms with van der Waals surface area (Å²) in [5, 5.41) is 0. The summed E-state index contributed by atoms with van der Waals surface area (Å²) in [4.78, 5) is 2.56. The molecule has 1 unspecified atom stereocenters. The Labute approximate surface area is 99.3 Å². The maximum atomic E-state index is 6.07. The quantitative estimate of drug-likeness (QED) is 0.794. The van der Waals surface area contributed by atoms with Crippen LogP contribution < -0.4 is 5.73 Å². The highest BCUT2D eigenvalue weighted by atomic mass is 16.5. The predicted octanol–water partition coefficient (Wildman–Crippen LogP) is 1.61. The van der Waals surface area contributed by atoms with Gasteiger partial charge >= 0.3 is 0 Å². The van der Waals surface area contributed by atoms with E-state index in [1.807, 2.05) is 0 Å². The summed E-state index contributed by atoms with van der Waals surface area (Å²) < 4.78 is 5.79. The average molecular weight is 226 g/mol. The van der Waals surface area contributed by atoms with E-state index in [-0.39, 0.29) is 11.1 Å². The van der Waals surface area contributed by atoms with Crippen LogP contribution in [0.4, 0.5) is 0 Å². The second kappa shape index (κ2) is 3.69. The standard InChI is InChI=1S/C13H26N2O/c1-11(2)10-15(7-8-16-11)13(4,9-14)12(3)5-6-12/h5-10,14H2,1-4H3. The molecule has 94 valence electrons. The summed E-state index contributed by atoms with van der Waals surface area (Å²) in [6.45, 7) is 12.7. The number of morpholine rings is 1. The van der Waals surface area contributed by atoms with E-state index in [9.17, 15) is 0 Å². The Morgan fingerprint density at radius 3 is 2.38 bits per heavy atom. The molecule has 2 rings (SSSR count). The number of hydrogen-bond donors (Lipinski definition) is 1. The molecule has 2 aliphatic rings. The average Bonchev–Trinajstić information content (AvgIpc) is 2.95. The van der Waals surface area contributed by atoms with Crippen LogP contribution in [0.2, 0.25) is 0 Å². The van der Waals surface area contributed by atoms with E-state index in [2.05, 4.69) is 32.6 Å². The Morgan fingerprint density at radius 2 is 1.94 bits per heavy atom. The molecule has 0 bridgehead atoms. The van der Waals surface area contributed by atoms with Crippen molar-refractivity contribution in [2.75, 3.05) is 26.2 Å². The number of ether oxygens (including phenoxy) is 1. The van der Waals surface area contributed by atoms with Gasteiger partial charge in [0.1, 0.15) is 0 Å². The highest BCUT2D eigenvalue weighted by Crippen LogP contribution is 2.55. The maximum absolute atomic E-state index is 6.07. The molecule has 0 aromatic carbocycles. The van der Waals surface area contributed by atoms with Crippen molar-refractivity contribution in [3.63, 3.8) is 0 Å². The van der Waals surface area contributed by atoms with Crippen LogP contribution in [0, 0.1) is 5.41 Å². The summed E-state index contributed by atoms with van der Waals surface area (Å²) in [5.74, 6) is 0. The van der Waals surface area contributed by atoms with Crippen LogP contribution >= 0.6 is 0 Å². The molecule has 0 aromatic heterocycles. The molecule has 1 aliphatic heterocycles. The van der Waals surface area contributed by atoms with Crippen LogP contribution in [0.5, 0.6) is 0 Å². The molecule has 1 heterocycles.